The van der Waals surface area contributed by atoms with E-state index in [1.807, 2.05) is 0 Å². The van der Waals surface area contributed by atoms with Crippen LogP contribution in [0, 0.1) is 24.6 Å². The van der Waals surface area contributed by atoms with Gasteiger partial charge in [0.2, 0.25) is 6.41 Å². The Balaban J connectivity index is 0.000000241. The van der Waals surface area contributed by atoms with Crippen LogP contribution in [0.25, 0.3) is 11.3 Å². The minimum Gasteiger partial charge on any atom is -0.365 e. The highest BCUT2D eigenvalue weighted by Gasteiger charge is 2.32. The van der Waals surface area contributed by atoms with Crippen molar-refractivity contribution < 1.29 is 23.3 Å². The molecule has 1 aliphatic carbocycles. The number of ketones is 1. The third-order valence-electron chi connectivity index (χ3n) is 6.26. The number of aromatic nitrogens is 3. The lowest BCUT2D eigenvalue weighted by atomic mass is 9.73. The number of anilines is 1. The summed E-state index contributed by atoms with van der Waals surface area (Å²) in [5, 5.41) is 12.3. The van der Waals surface area contributed by atoms with Crippen molar-refractivity contribution in [2.24, 2.45) is 17.6 Å². The van der Waals surface area contributed by atoms with Crippen LogP contribution in [0.1, 0.15) is 71.9 Å². The number of halogens is 1. The summed E-state index contributed by atoms with van der Waals surface area (Å²) in [5.74, 6) is -0.399. The van der Waals surface area contributed by atoms with Crippen molar-refractivity contribution in [3.63, 3.8) is 0 Å². The number of primary amides is 1. The molecule has 2 amide bonds. The number of rotatable bonds is 8. The van der Waals surface area contributed by atoms with E-state index in [0.29, 0.717) is 17.9 Å². The van der Waals surface area contributed by atoms with Crippen LogP contribution in [0.2, 0.25) is 0 Å². The molecule has 1 saturated carbocycles. The van der Waals surface area contributed by atoms with Crippen LogP contribution < -0.4 is 11.1 Å². The van der Waals surface area contributed by atoms with Gasteiger partial charge < -0.3 is 15.6 Å². The zero-order valence-electron chi connectivity index (χ0n) is 19.8. The molecule has 2 unspecified atom stereocenters. The first kappa shape index (κ1) is 25.8. The molecule has 4 rings (SSSR count). The average Bonchev–Trinajstić information content (AvgIpc) is 3.50. The maximum absolute atomic E-state index is 14.5. The number of hydrogen-bond donors (Lipinski definition) is 3. The second kappa shape index (κ2) is 12.0. The lowest BCUT2D eigenvalue weighted by molar-refractivity contribution is -0.105. The largest absolute Gasteiger partial charge is 0.365 e. The summed E-state index contributed by atoms with van der Waals surface area (Å²) in [7, 11) is 0. The highest BCUT2D eigenvalue weighted by molar-refractivity contribution is 6.00. The Hall–Kier alpha value is -3.82. The van der Waals surface area contributed by atoms with Crippen LogP contribution in [0.5, 0.6) is 0 Å². The lowest BCUT2D eigenvalue weighted by Gasteiger charge is -2.30. The van der Waals surface area contributed by atoms with E-state index in [1.54, 1.807) is 24.4 Å². The zero-order chi connectivity index (χ0) is 25.4. The van der Waals surface area contributed by atoms with Gasteiger partial charge in [0.1, 0.15) is 17.1 Å². The fourth-order valence-electron chi connectivity index (χ4n) is 4.58. The smallest absolute Gasteiger partial charge is 0.256 e. The molecule has 10 heteroatoms. The van der Waals surface area contributed by atoms with E-state index in [4.69, 9.17) is 5.73 Å². The summed E-state index contributed by atoms with van der Waals surface area (Å²) in [5.41, 5.74) is 6.80. The molecule has 1 fully saturated rings. The van der Waals surface area contributed by atoms with Gasteiger partial charge in [0.15, 0.2) is 11.6 Å². The molecule has 3 aromatic rings. The fraction of sp³-hybridized carbons (Fsp3) is 0.400. The van der Waals surface area contributed by atoms with Crippen LogP contribution in [0.15, 0.2) is 35.0 Å². The molecule has 1 aliphatic rings. The van der Waals surface area contributed by atoms with Crippen molar-refractivity contribution in [1.29, 1.82) is 0 Å². The molecule has 2 aromatic heterocycles. The highest BCUT2D eigenvalue weighted by Crippen LogP contribution is 2.36. The minimum absolute atomic E-state index is 0.0168. The molecule has 9 nitrogen and oxygen atoms in total. The molecule has 0 saturated heterocycles. The Bertz CT molecular complexity index is 1160. The van der Waals surface area contributed by atoms with Gasteiger partial charge in [-0.25, -0.2) is 4.39 Å². The summed E-state index contributed by atoms with van der Waals surface area (Å²) in [6.45, 7) is 3.68. The van der Waals surface area contributed by atoms with Gasteiger partial charge in [0.25, 0.3) is 5.91 Å². The van der Waals surface area contributed by atoms with Gasteiger partial charge >= 0.3 is 0 Å². The van der Waals surface area contributed by atoms with E-state index in [-0.39, 0.29) is 34.4 Å². The molecule has 0 aliphatic heterocycles. The van der Waals surface area contributed by atoms with Crippen molar-refractivity contribution in [2.45, 2.75) is 52.4 Å². The first-order chi connectivity index (χ1) is 16.9. The number of aryl methyl sites for hydroxylation is 1. The summed E-state index contributed by atoms with van der Waals surface area (Å²) < 4.78 is 19.1. The molecule has 0 radical (unpaired) electrons. The maximum atomic E-state index is 14.5. The third kappa shape index (κ3) is 6.20. The lowest BCUT2D eigenvalue weighted by Crippen LogP contribution is -2.28. The number of hydrogen-bond acceptors (Lipinski definition) is 6. The number of amides is 2. The molecule has 2 atom stereocenters. The maximum Gasteiger partial charge on any atom is 0.256 e. The van der Waals surface area contributed by atoms with E-state index in [0.717, 1.165) is 37.8 Å². The number of Topliss-reactive ketones (excluding diaryl/α,β-unsaturated/α-hetero) is 1. The van der Waals surface area contributed by atoms with E-state index in [2.05, 4.69) is 32.1 Å². The average molecular weight is 484 g/mol. The Morgan fingerprint density at radius 3 is 2.69 bits per heavy atom. The minimum atomic E-state index is -0.682. The first-order valence-electron chi connectivity index (χ1n) is 11.7. The molecule has 4 N–H and O–H groups in total. The van der Waals surface area contributed by atoms with Gasteiger partial charge in [-0.3, -0.25) is 19.5 Å². The standard InChI is InChI=1S/C19H23FN2O.C6H7N3O3/c1-2-5-13-6-3-4-7-15(13)19(23)16-9-8-14(12-17(16)20)18-10-11-21-22-18;1-3-4(5(7)11)6(8-2-10)9-12-3/h8-13,15H,2-7H2,1H3,(H,21,22);2H,1H3,(H2,7,11)(H,8,9,10). The second-order valence-electron chi connectivity index (χ2n) is 8.56. The number of nitrogens with two attached hydrogens (primary N) is 1. The number of aromatic amines is 1. The third-order valence-corrected chi connectivity index (χ3v) is 6.26. The van der Waals surface area contributed by atoms with Crippen molar-refractivity contribution >= 4 is 23.9 Å². The number of H-pyrrole nitrogens is 1. The van der Waals surface area contributed by atoms with Gasteiger partial charge in [-0.2, -0.15) is 5.10 Å². The van der Waals surface area contributed by atoms with E-state index in [1.165, 1.54) is 19.4 Å². The SMILES string of the molecule is CCCC1CCCCC1C(=O)c1ccc(-c2ccn[nH]2)cc1F.Cc1onc(NC=O)c1C(N)=O. The Morgan fingerprint density at radius 2 is 2.06 bits per heavy atom. The molecule has 186 valence electrons. The molecule has 2 heterocycles. The van der Waals surface area contributed by atoms with Gasteiger partial charge in [-0.05, 0) is 43.9 Å². The van der Waals surface area contributed by atoms with Crippen molar-refractivity contribution in [3.8, 4) is 11.3 Å². The molecule has 0 bridgehead atoms. The van der Waals surface area contributed by atoms with Crippen molar-refractivity contribution in [1.82, 2.24) is 15.4 Å². The van der Waals surface area contributed by atoms with Gasteiger partial charge in [0.05, 0.1) is 11.3 Å². The summed E-state index contributed by atoms with van der Waals surface area (Å²) in [6, 6.07) is 6.64. The van der Waals surface area contributed by atoms with E-state index >= 15 is 0 Å². The summed E-state index contributed by atoms with van der Waals surface area (Å²) in [4.78, 5) is 33.6. The van der Waals surface area contributed by atoms with Crippen LogP contribution in [0.3, 0.4) is 0 Å². The van der Waals surface area contributed by atoms with Gasteiger partial charge in [-0.15, -0.1) is 0 Å². The van der Waals surface area contributed by atoms with E-state index in [9.17, 15) is 18.8 Å². The Kier molecular flexibility index (Phi) is 8.88. The molecular formula is C25H30FN5O4. The molecule has 0 spiro atoms. The van der Waals surface area contributed by atoms with Crippen molar-refractivity contribution in [2.75, 3.05) is 5.32 Å². The number of carbonyl (C=O) groups excluding carboxylic acids is 3. The number of carbonyl (C=O) groups is 3. The molecular weight excluding hydrogens is 453 g/mol. The van der Waals surface area contributed by atoms with Crippen LogP contribution in [-0.2, 0) is 4.79 Å². The zero-order valence-corrected chi connectivity index (χ0v) is 19.8. The van der Waals surface area contributed by atoms with Gasteiger partial charge in [0, 0.05) is 17.7 Å². The predicted octanol–water partition coefficient (Wildman–Crippen LogP) is 4.66. The Labute approximate surface area is 202 Å². The number of nitrogens with one attached hydrogen (secondary N) is 2. The first-order valence-corrected chi connectivity index (χ1v) is 11.7. The Morgan fingerprint density at radius 1 is 1.29 bits per heavy atom. The summed E-state index contributed by atoms with van der Waals surface area (Å²) in [6.07, 6.45) is 8.41. The fourth-order valence-corrected chi connectivity index (χ4v) is 4.58. The highest BCUT2D eigenvalue weighted by atomic mass is 19.1. The predicted molar refractivity (Wildman–Crippen MR) is 128 cm³/mol. The second-order valence-corrected chi connectivity index (χ2v) is 8.56. The van der Waals surface area contributed by atoms with Crippen LogP contribution in [0.4, 0.5) is 10.2 Å². The normalized spacial score (nSPS) is 17.2. The number of benzene rings is 1. The monoisotopic (exact) mass is 483 g/mol. The quantitative estimate of drug-likeness (QED) is 0.314. The molecule has 1 aromatic carbocycles. The van der Waals surface area contributed by atoms with Crippen LogP contribution in [-0.4, -0.2) is 33.5 Å². The molecule has 35 heavy (non-hydrogen) atoms. The van der Waals surface area contributed by atoms with Gasteiger partial charge in [-0.1, -0.05) is 43.8 Å². The topological polar surface area (TPSA) is 144 Å². The number of nitrogens with zero attached hydrogens (tertiary/aromatic N) is 2. The van der Waals surface area contributed by atoms with E-state index < -0.39 is 11.7 Å². The van der Waals surface area contributed by atoms with Crippen LogP contribution >= 0.6 is 0 Å². The summed E-state index contributed by atoms with van der Waals surface area (Å²) >= 11 is 0. The van der Waals surface area contributed by atoms with Crippen molar-refractivity contribution in [3.05, 3.63) is 53.2 Å².